The van der Waals surface area contributed by atoms with E-state index in [0.29, 0.717) is 23.5 Å². The van der Waals surface area contributed by atoms with Crippen LogP contribution in [0.2, 0.25) is 0 Å². The van der Waals surface area contributed by atoms with Gasteiger partial charge in [0.05, 0.1) is 23.5 Å². The molecule has 0 unspecified atom stereocenters. The maximum atomic E-state index is 13.8. The van der Waals surface area contributed by atoms with Gasteiger partial charge in [0, 0.05) is 16.3 Å². The third kappa shape index (κ3) is 6.42. The normalized spacial score (nSPS) is 10.3. The fraction of sp³-hybridized carbons (Fsp3) is 0.125. The third-order valence-corrected chi connectivity index (χ3v) is 5.25. The van der Waals surface area contributed by atoms with Gasteiger partial charge < -0.3 is 15.4 Å². The molecule has 0 spiro atoms. The van der Waals surface area contributed by atoms with Crippen molar-refractivity contribution in [2.45, 2.75) is 11.8 Å². The molecule has 0 atom stereocenters. The molecule has 0 aromatic heterocycles. The van der Waals surface area contributed by atoms with Gasteiger partial charge in [-0.15, -0.1) is 11.8 Å². The van der Waals surface area contributed by atoms with Crippen molar-refractivity contribution < 1.29 is 23.5 Å². The number of amides is 2. The van der Waals surface area contributed by atoms with Crippen LogP contribution in [-0.4, -0.2) is 30.1 Å². The first-order valence-electron chi connectivity index (χ1n) is 9.82. The topological polar surface area (TPSA) is 84.5 Å². The summed E-state index contributed by atoms with van der Waals surface area (Å²) in [5.41, 5.74) is 1.43. The molecular weight excluding hydrogens is 431 g/mol. The number of thioether (sulfide) groups is 1. The summed E-state index contributed by atoms with van der Waals surface area (Å²) in [6.07, 6.45) is 0. The number of hydrogen-bond acceptors (Lipinski definition) is 5. The lowest BCUT2D eigenvalue weighted by atomic mass is 10.2. The lowest BCUT2D eigenvalue weighted by molar-refractivity contribution is -0.113. The zero-order valence-corrected chi connectivity index (χ0v) is 18.1. The first kappa shape index (κ1) is 23.0. The van der Waals surface area contributed by atoms with Crippen molar-refractivity contribution in [3.05, 3.63) is 89.7 Å². The zero-order chi connectivity index (χ0) is 22.9. The second kappa shape index (κ2) is 11.1. The average molecular weight is 453 g/mol. The van der Waals surface area contributed by atoms with Gasteiger partial charge in [-0.25, -0.2) is 9.18 Å². The summed E-state index contributed by atoms with van der Waals surface area (Å²) in [7, 11) is 0. The van der Waals surface area contributed by atoms with E-state index < -0.39 is 17.7 Å². The highest BCUT2D eigenvalue weighted by Gasteiger charge is 2.12. The summed E-state index contributed by atoms with van der Waals surface area (Å²) in [6, 6.07) is 19.1. The van der Waals surface area contributed by atoms with Gasteiger partial charge in [-0.05, 0) is 61.5 Å². The molecule has 6 nitrogen and oxygen atoms in total. The van der Waals surface area contributed by atoms with Gasteiger partial charge in [0.15, 0.2) is 0 Å². The predicted molar refractivity (Wildman–Crippen MR) is 123 cm³/mol. The molecule has 0 aliphatic rings. The van der Waals surface area contributed by atoms with Crippen LogP contribution in [0.3, 0.4) is 0 Å². The molecule has 32 heavy (non-hydrogen) atoms. The van der Waals surface area contributed by atoms with Gasteiger partial charge in [0.2, 0.25) is 5.91 Å². The Balaban J connectivity index is 1.53. The highest BCUT2D eigenvalue weighted by atomic mass is 32.2. The Bertz CT molecular complexity index is 1120. The summed E-state index contributed by atoms with van der Waals surface area (Å²) in [4.78, 5) is 37.0. The van der Waals surface area contributed by atoms with E-state index in [1.165, 1.54) is 30.0 Å². The first-order chi connectivity index (χ1) is 15.5. The van der Waals surface area contributed by atoms with Crippen molar-refractivity contribution in [3.8, 4) is 0 Å². The fourth-order valence-electron chi connectivity index (χ4n) is 2.76. The van der Waals surface area contributed by atoms with Crippen LogP contribution in [0.15, 0.2) is 77.7 Å². The van der Waals surface area contributed by atoms with Gasteiger partial charge in [-0.3, -0.25) is 9.59 Å². The molecule has 3 aromatic rings. The molecule has 0 radical (unpaired) electrons. The second-order valence-electron chi connectivity index (χ2n) is 6.60. The number of nitrogens with one attached hydrogen (secondary N) is 2. The Labute approximate surface area is 189 Å². The highest BCUT2D eigenvalue weighted by Crippen LogP contribution is 2.23. The first-order valence-corrected chi connectivity index (χ1v) is 10.8. The van der Waals surface area contributed by atoms with Crippen molar-refractivity contribution in [1.82, 2.24) is 0 Å². The monoisotopic (exact) mass is 452 g/mol. The molecule has 2 N–H and O–H groups in total. The van der Waals surface area contributed by atoms with E-state index in [-0.39, 0.29) is 17.2 Å². The average Bonchev–Trinajstić information content (AvgIpc) is 2.79. The van der Waals surface area contributed by atoms with Crippen LogP contribution in [0, 0.1) is 5.82 Å². The summed E-state index contributed by atoms with van der Waals surface area (Å²) >= 11 is 1.29. The number of ether oxygens (including phenoxy) is 1. The van der Waals surface area contributed by atoms with E-state index in [0.717, 1.165) is 4.90 Å². The van der Waals surface area contributed by atoms with Crippen molar-refractivity contribution in [3.63, 3.8) is 0 Å². The van der Waals surface area contributed by atoms with E-state index in [9.17, 15) is 18.8 Å². The molecular formula is C24H21FN2O4S. The minimum atomic E-state index is -0.595. The summed E-state index contributed by atoms with van der Waals surface area (Å²) < 4.78 is 18.7. The number of carbonyl (C=O) groups is 3. The van der Waals surface area contributed by atoms with E-state index in [1.54, 1.807) is 55.5 Å². The molecule has 0 aliphatic carbocycles. The summed E-state index contributed by atoms with van der Waals surface area (Å²) in [5.74, 6) is -1.64. The molecule has 0 saturated carbocycles. The van der Waals surface area contributed by atoms with Gasteiger partial charge in [-0.1, -0.05) is 18.2 Å². The quantitative estimate of drug-likeness (QED) is 0.372. The van der Waals surface area contributed by atoms with Crippen LogP contribution in [0.4, 0.5) is 15.8 Å². The van der Waals surface area contributed by atoms with Gasteiger partial charge in [0.25, 0.3) is 5.91 Å². The van der Waals surface area contributed by atoms with E-state index in [1.807, 2.05) is 6.07 Å². The minimum absolute atomic E-state index is 0.0427. The molecule has 164 valence electrons. The molecule has 3 rings (SSSR count). The second-order valence-corrected chi connectivity index (χ2v) is 7.65. The zero-order valence-electron chi connectivity index (χ0n) is 17.3. The van der Waals surface area contributed by atoms with Crippen molar-refractivity contribution in [2.24, 2.45) is 0 Å². The Morgan fingerprint density at radius 1 is 0.906 bits per heavy atom. The molecule has 3 aromatic carbocycles. The number of halogens is 1. The fourth-order valence-corrected chi connectivity index (χ4v) is 3.51. The number of rotatable bonds is 8. The van der Waals surface area contributed by atoms with Crippen molar-refractivity contribution in [2.75, 3.05) is 23.0 Å². The van der Waals surface area contributed by atoms with E-state index in [4.69, 9.17) is 4.74 Å². The van der Waals surface area contributed by atoms with Crippen LogP contribution in [0.5, 0.6) is 0 Å². The number of esters is 1. The maximum absolute atomic E-state index is 13.8. The number of carbonyl (C=O) groups excluding carboxylic acids is 3. The largest absolute Gasteiger partial charge is 0.462 e. The smallest absolute Gasteiger partial charge is 0.338 e. The van der Waals surface area contributed by atoms with Gasteiger partial charge in [0.1, 0.15) is 5.82 Å². The third-order valence-electron chi connectivity index (χ3n) is 4.26. The predicted octanol–water partition coefficient (Wildman–Crippen LogP) is 4.99. The Kier molecular flexibility index (Phi) is 7.99. The maximum Gasteiger partial charge on any atom is 0.338 e. The van der Waals surface area contributed by atoms with Gasteiger partial charge in [-0.2, -0.15) is 0 Å². The van der Waals surface area contributed by atoms with Crippen LogP contribution in [0.25, 0.3) is 0 Å². The van der Waals surface area contributed by atoms with Gasteiger partial charge >= 0.3 is 5.97 Å². The number of hydrogen-bond donors (Lipinski definition) is 2. The molecule has 0 saturated heterocycles. The molecule has 0 heterocycles. The number of benzene rings is 3. The van der Waals surface area contributed by atoms with Crippen LogP contribution in [0.1, 0.15) is 27.6 Å². The highest BCUT2D eigenvalue weighted by molar-refractivity contribution is 8.00. The van der Waals surface area contributed by atoms with Crippen LogP contribution >= 0.6 is 11.8 Å². The lowest BCUT2D eigenvalue weighted by Gasteiger charge is -2.09. The summed E-state index contributed by atoms with van der Waals surface area (Å²) in [5, 5.41) is 5.42. The van der Waals surface area contributed by atoms with Crippen molar-refractivity contribution in [1.29, 1.82) is 0 Å². The SMILES string of the molecule is CCOC(=O)c1ccc(NC(=O)CSc2cccc(NC(=O)c3ccccc3F)c2)cc1. The molecule has 2 amide bonds. The number of anilines is 2. The molecule has 0 aliphatic heterocycles. The molecule has 0 bridgehead atoms. The van der Waals surface area contributed by atoms with E-state index in [2.05, 4.69) is 10.6 Å². The van der Waals surface area contributed by atoms with E-state index >= 15 is 0 Å². The Morgan fingerprint density at radius 2 is 1.66 bits per heavy atom. The minimum Gasteiger partial charge on any atom is -0.462 e. The Morgan fingerprint density at radius 3 is 2.38 bits per heavy atom. The lowest BCUT2D eigenvalue weighted by Crippen LogP contribution is -2.14. The van der Waals surface area contributed by atoms with Crippen LogP contribution in [-0.2, 0) is 9.53 Å². The molecule has 8 heteroatoms. The summed E-state index contributed by atoms with van der Waals surface area (Å²) in [6.45, 7) is 2.03. The molecule has 0 fully saturated rings. The van der Waals surface area contributed by atoms with Crippen LogP contribution < -0.4 is 10.6 Å². The van der Waals surface area contributed by atoms with Crippen molar-refractivity contribution >= 4 is 40.9 Å². The Hall–Kier alpha value is -3.65. The standard InChI is InChI=1S/C24H21FN2O4S/c1-2-31-24(30)16-10-12-17(13-11-16)26-22(28)15-32-19-7-5-6-18(14-19)27-23(29)20-8-3-4-9-21(20)25/h3-14H,2,15H2,1H3,(H,26,28)(H,27,29).